The van der Waals surface area contributed by atoms with Gasteiger partial charge in [-0.15, -0.1) is 0 Å². The molecule has 0 N–H and O–H groups in total. The predicted octanol–water partition coefficient (Wildman–Crippen LogP) is 2.50. The molecular weight excluding hydrogens is 146 g/mol. The molecule has 0 amide bonds. The van der Waals surface area contributed by atoms with Gasteiger partial charge in [0.1, 0.15) is 5.69 Å². The van der Waals surface area contributed by atoms with Gasteiger partial charge in [0, 0.05) is 11.6 Å². The summed E-state index contributed by atoms with van der Waals surface area (Å²) < 4.78 is 0.896. The maximum absolute atomic E-state index is 2.26. The lowest BCUT2D eigenvalue weighted by Crippen LogP contribution is -2.35. The Morgan fingerprint density at radius 1 is 1.00 bits per heavy atom. The topological polar surface area (TPSA) is 0 Å². The van der Waals surface area contributed by atoms with Crippen LogP contribution in [-0.2, 0) is 0 Å². The van der Waals surface area contributed by atoms with Crippen molar-refractivity contribution in [2.24, 2.45) is 0 Å². The molecule has 0 saturated carbocycles. The van der Waals surface area contributed by atoms with Crippen molar-refractivity contribution in [1.29, 1.82) is 0 Å². The van der Waals surface area contributed by atoms with Crippen molar-refractivity contribution in [3.05, 3.63) is 29.3 Å². The third-order valence-electron chi connectivity index (χ3n) is 2.09. The number of rotatable bonds is 1. The van der Waals surface area contributed by atoms with Gasteiger partial charge in [0.05, 0.1) is 21.1 Å². The molecule has 0 heterocycles. The summed E-state index contributed by atoms with van der Waals surface area (Å²) in [6.07, 6.45) is 0. The molecule has 0 aliphatic heterocycles. The number of benzene rings is 1. The van der Waals surface area contributed by atoms with Gasteiger partial charge in [-0.05, 0) is 19.4 Å². The van der Waals surface area contributed by atoms with Crippen molar-refractivity contribution < 1.29 is 0 Å². The highest BCUT2D eigenvalue weighted by atomic mass is 15.3. The van der Waals surface area contributed by atoms with E-state index in [9.17, 15) is 0 Å². The second-order valence-electron chi connectivity index (χ2n) is 4.30. The molecule has 0 aliphatic carbocycles. The van der Waals surface area contributed by atoms with Crippen LogP contribution in [0.25, 0.3) is 0 Å². The monoisotopic (exact) mass is 164 g/mol. The zero-order chi connectivity index (χ0) is 9.35. The van der Waals surface area contributed by atoms with Crippen molar-refractivity contribution >= 4 is 5.69 Å². The SMILES string of the molecule is Cc1ccc(C)c([N+](C)(C)C)c1. The minimum Gasteiger partial charge on any atom is -0.298 e. The Morgan fingerprint density at radius 2 is 1.58 bits per heavy atom. The first kappa shape index (κ1) is 9.27. The lowest BCUT2D eigenvalue weighted by atomic mass is 10.1. The van der Waals surface area contributed by atoms with Crippen molar-refractivity contribution in [3.63, 3.8) is 0 Å². The second kappa shape index (κ2) is 2.91. The normalized spacial score (nSPS) is 11.8. The molecule has 66 valence electrons. The first-order chi connectivity index (χ1) is 5.41. The van der Waals surface area contributed by atoms with E-state index < -0.39 is 0 Å². The molecule has 1 aromatic rings. The summed E-state index contributed by atoms with van der Waals surface area (Å²) >= 11 is 0. The van der Waals surface area contributed by atoms with E-state index in [0.717, 1.165) is 4.48 Å². The molecule has 12 heavy (non-hydrogen) atoms. The first-order valence-electron chi connectivity index (χ1n) is 4.30. The molecule has 0 radical (unpaired) electrons. The van der Waals surface area contributed by atoms with E-state index in [4.69, 9.17) is 0 Å². The fourth-order valence-electron chi connectivity index (χ4n) is 1.44. The fourth-order valence-corrected chi connectivity index (χ4v) is 1.44. The Hall–Kier alpha value is -0.820. The maximum atomic E-state index is 2.26. The molecule has 0 spiro atoms. The lowest BCUT2D eigenvalue weighted by molar-refractivity contribution is 0.483. The average Bonchev–Trinajstić information content (AvgIpc) is 1.92. The van der Waals surface area contributed by atoms with Crippen molar-refractivity contribution in [3.8, 4) is 0 Å². The molecule has 0 saturated heterocycles. The van der Waals surface area contributed by atoms with Gasteiger partial charge in [0.15, 0.2) is 0 Å². The van der Waals surface area contributed by atoms with Crippen LogP contribution in [0.2, 0.25) is 0 Å². The van der Waals surface area contributed by atoms with Gasteiger partial charge in [-0.3, -0.25) is 4.48 Å². The zero-order valence-electron chi connectivity index (χ0n) is 8.68. The van der Waals surface area contributed by atoms with Crippen LogP contribution in [0, 0.1) is 13.8 Å². The predicted molar refractivity (Wildman–Crippen MR) is 55.5 cm³/mol. The van der Waals surface area contributed by atoms with Gasteiger partial charge >= 0.3 is 0 Å². The molecule has 1 nitrogen and oxygen atoms in total. The van der Waals surface area contributed by atoms with Gasteiger partial charge in [0.25, 0.3) is 0 Å². The number of hydrogen-bond donors (Lipinski definition) is 0. The summed E-state index contributed by atoms with van der Waals surface area (Å²) in [7, 11) is 6.59. The molecule has 1 rings (SSSR count). The second-order valence-corrected chi connectivity index (χ2v) is 4.30. The lowest BCUT2D eigenvalue weighted by Gasteiger charge is -2.25. The van der Waals surface area contributed by atoms with Crippen LogP contribution >= 0.6 is 0 Å². The largest absolute Gasteiger partial charge is 0.298 e. The fraction of sp³-hybridized carbons (Fsp3) is 0.455. The average molecular weight is 164 g/mol. The minimum absolute atomic E-state index is 0.896. The van der Waals surface area contributed by atoms with Gasteiger partial charge < -0.3 is 0 Å². The van der Waals surface area contributed by atoms with Crippen LogP contribution in [0.1, 0.15) is 11.1 Å². The van der Waals surface area contributed by atoms with Gasteiger partial charge in [0.2, 0.25) is 0 Å². The smallest absolute Gasteiger partial charge is 0.135 e. The summed E-state index contributed by atoms with van der Waals surface area (Å²) in [5.41, 5.74) is 4.10. The zero-order valence-corrected chi connectivity index (χ0v) is 8.68. The Labute approximate surface area is 75.2 Å². The highest BCUT2D eigenvalue weighted by Crippen LogP contribution is 2.22. The minimum atomic E-state index is 0.896. The Bertz CT molecular complexity index is 282. The summed E-state index contributed by atoms with van der Waals surface area (Å²) in [5, 5.41) is 0. The maximum Gasteiger partial charge on any atom is 0.135 e. The van der Waals surface area contributed by atoms with Crippen molar-refractivity contribution in [1.82, 2.24) is 4.48 Å². The summed E-state index contributed by atoms with van der Waals surface area (Å²) in [6, 6.07) is 6.61. The molecule has 1 aromatic carbocycles. The molecule has 0 bridgehead atoms. The molecule has 0 fully saturated rings. The Morgan fingerprint density at radius 3 is 2.00 bits per heavy atom. The van der Waals surface area contributed by atoms with Crippen molar-refractivity contribution in [2.45, 2.75) is 13.8 Å². The van der Waals surface area contributed by atoms with Crippen LogP contribution in [-0.4, -0.2) is 21.1 Å². The van der Waals surface area contributed by atoms with Gasteiger partial charge in [-0.25, -0.2) is 0 Å². The quantitative estimate of drug-likeness (QED) is 0.559. The number of nitrogens with zero attached hydrogens (tertiary/aromatic N) is 1. The molecule has 0 atom stereocenters. The van der Waals surface area contributed by atoms with Crippen LogP contribution in [0.15, 0.2) is 18.2 Å². The molecular formula is C11H18N+. The van der Waals surface area contributed by atoms with E-state index >= 15 is 0 Å². The van der Waals surface area contributed by atoms with E-state index in [1.54, 1.807) is 0 Å². The van der Waals surface area contributed by atoms with E-state index in [0.29, 0.717) is 0 Å². The Kier molecular flexibility index (Phi) is 2.25. The Balaban J connectivity index is 3.23. The highest BCUT2D eigenvalue weighted by molar-refractivity contribution is 5.50. The number of quaternary nitrogens is 1. The van der Waals surface area contributed by atoms with E-state index in [-0.39, 0.29) is 0 Å². The van der Waals surface area contributed by atoms with Crippen LogP contribution in [0.4, 0.5) is 5.69 Å². The van der Waals surface area contributed by atoms with E-state index in [1.165, 1.54) is 16.8 Å². The summed E-state index contributed by atoms with van der Waals surface area (Å²) in [6.45, 7) is 4.30. The number of hydrogen-bond acceptors (Lipinski definition) is 0. The van der Waals surface area contributed by atoms with Crippen LogP contribution < -0.4 is 4.48 Å². The van der Waals surface area contributed by atoms with Crippen LogP contribution in [0.5, 0.6) is 0 Å². The van der Waals surface area contributed by atoms with Crippen LogP contribution in [0.3, 0.4) is 0 Å². The molecule has 0 aromatic heterocycles. The molecule has 0 aliphatic rings. The van der Waals surface area contributed by atoms with Gasteiger partial charge in [-0.2, -0.15) is 0 Å². The summed E-state index contributed by atoms with van der Waals surface area (Å²) in [5.74, 6) is 0. The third kappa shape index (κ3) is 1.86. The third-order valence-corrected chi connectivity index (χ3v) is 2.09. The number of aryl methyl sites for hydroxylation is 2. The van der Waals surface area contributed by atoms with E-state index in [1.807, 2.05) is 0 Å². The van der Waals surface area contributed by atoms with Crippen molar-refractivity contribution in [2.75, 3.05) is 21.1 Å². The summed E-state index contributed by atoms with van der Waals surface area (Å²) in [4.78, 5) is 0. The molecule has 0 unspecified atom stereocenters. The molecule has 1 heteroatoms. The first-order valence-corrected chi connectivity index (χ1v) is 4.30. The highest BCUT2D eigenvalue weighted by Gasteiger charge is 2.14. The van der Waals surface area contributed by atoms with E-state index in [2.05, 4.69) is 53.2 Å². The van der Waals surface area contributed by atoms with Gasteiger partial charge in [-0.1, -0.05) is 12.1 Å². The standard InChI is InChI=1S/C11H18N/c1-9-6-7-10(2)11(8-9)12(3,4)5/h6-8H,1-5H3/q+1.